The number of carboxylic acid groups (broad SMARTS) is 1. The number of benzene rings is 1. The second kappa shape index (κ2) is 4.40. The molecule has 0 saturated heterocycles. The number of hydrogen-bond donors (Lipinski definition) is 1. The topological polar surface area (TPSA) is 105 Å². The molecule has 1 N–H and O–H groups in total. The van der Waals surface area contributed by atoms with Crippen molar-refractivity contribution in [2.45, 2.75) is 6.42 Å². The van der Waals surface area contributed by atoms with E-state index in [0.717, 1.165) is 0 Å². The number of rotatable bonds is 3. The molecule has 0 aliphatic heterocycles. The van der Waals surface area contributed by atoms with Crippen LogP contribution in [0.2, 0.25) is 0 Å². The van der Waals surface area contributed by atoms with Crippen LogP contribution in [0.4, 0.5) is 0 Å². The van der Waals surface area contributed by atoms with Crippen LogP contribution in [0.3, 0.4) is 0 Å². The van der Waals surface area contributed by atoms with E-state index in [1.807, 2.05) is 6.07 Å². The van der Waals surface area contributed by atoms with Gasteiger partial charge < -0.3 is 5.11 Å². The molecule has 7 nitrogen and oxygen atoms in total. The quantitative estimate of drug-likeness (QED) is 0.818. The first kappa shape index (κ1) is 10.8. The maximum atomic E-state index is 11.0. The largest absolute Gasteiger partial charge is 0.478 e. The van der Waals surface area contributed by atoms with Gasteiger partial charge >= 0.3 is 5.97 Å². The van der Waals surface area contributed by atoms with Gasteiger partial charge in [0.15, 0.2) is 5.82 Å². The van der Waals surface area contributed by atoms with E-state index in [9.17, 15) is 4.79 Å². The van der Waals surface area contributed by atoms with Crippen molar-refractivity contribution >= 4 is 5.97 Å². The Hall–Kier alpha value is -2.75. The SMILES string of the molecule is N#CCc1nnnn1-c1ccccc1C(=O)O. The molecule has 17 heavy (non-hydrogen) atoms. The smallest absolute Gasteiger partial charge is 0.337 e. The minimum Gasteiger partial charge on any atom is -0.478 e. The van der Waals surface area contributed by atoms with Gasteiger partial charge in [-0.05, 0) is 22.6 Å². The summed E-state index contributed by atoms with van der Waals surface area (Å²) in [7, 11) is 0. The second-order valence-electron chi connectivity index (χ2n) is 3.16. The zero-order valence-corrected chi connectivity index (χ0v) is 8.61. The van der Waals surface area contributed by atoms with Crippen molar-refractivity contribution in [2.24, 2.45) is 0 Å². The number of hydrogen-bond acceptors (Lipinski definition) is 5. The number of carbonyl (C=O) groups is 1. The Balaban J connectivity index is 2.57. The Morgan fingerprint density at radius 1 is 1.47 bits per heavy atom. The molecule has 2 rings (SSSR count). The van der Waals surface area contributed by atoms with Crippen molar-refractivity contribution < 1.29 is 9.90 Å². The van der Waals surface area contributed by atoms with Crippen LogP contribution >= 0.6 is 0 Å². The van der Waals surface area contributed by atoms with Crippen LogP contribution in [-0.4, -0.2) is 31.3 Å². The first-order valence-corrected chi connectivity index (χ1v) is 4.71. The van der Waals surface area contributed by atoms with Crippen LogP contribution < -0.4 is 0 Å². The van der Waals surface area contributed by atoms with Gasteiger partial charge in [0.05, 0.1) is 23.7 Å². The fourth-order valence-corrected chi connectivity index (χ4v) is 1.41. The predicted octanol–water partition coefficient (Wildman–Crippen LogP) is 0.427. The van der Waals surface area contributed by atoms with E-state index in [1.165, 1.54) is 10.7 Å². The predicted molar refractivity (Wildman–Crippen MR) is 55.4 cm³/mol. The third kappa shape index (κ3) is 1.96. The number of carboxylic acids is 1. The van der Waals surface area contributed by atoms with Crippen LogP contribution in [0.5, 0.6) is 0 Å². The molecule has 2 aromatic rings. The summed E-state index contributed by atoms with van der Waals surface area (Å²) < 4.78 is 1.26. The van der Waals surface area contributed by atoms with E-state index in [-0.39, 0.29) is 12.0 Å². The maximum absolute atomic E-state index is 11.0. The summed E-state index contributed by atoms with van der Waals surface area (Å²) in [6, 6.07) is 8.25. The Kier molecular flexibility index (Phi) is 2.79. The molecule has 0 saturated carbocycles. The molecule has 1 heterocycles. The summed E-state index contributed by atoms with van der Waals surface area (Å²) >= 11 is 0. The molecular weight excluding hydrogens is 222 g/mol. The number of para-hydroxylation sites is 1. The highest BCUT2D eigenvalue weighted by Crippen LogP contribution is 2.14. The minimum absolute atomic E-state index is 0.0148. The van der Waals surface area contributed by atoms with Crippen LogP contribution in [0.25, 0.3) is 5.69 Å². The zero-order valence-electron chi connectivity index (χ0n) is 8.61. The van der Waals surface area contributed by atoms with Crippen LogP contribution in [0.15, 0.2) is 24.3 Å². The fraction of sp³-hybridized carbons (Fsp3) is 0.100. The van der Waals surface area contributed by atoms with Gasteiger partial charge in [0, 0.05) is 0 Å². The monoisotopic (exact) mass is 229 g/mol. The van der Waals surface area contributed by atoms with E-state index in [0.29, 0.717) is 11.5 Å². The van der Waals surface area contributed by atoms with Gasteiger partial charge in [-0.2, -0.15) is 9.94 Å². The lowest BCUT2D eigenvalue weighted by molar-refractivity contribution is 0.0696. The average Bonchev–Trinajstić information content (AvgIpc) is 2.77. The molecule has 7 heteroatoms. The molecule has 0 aliphatic carbocycles. The van der Waals surface area contributed by atoms with E-state index in [1.54, 1.807) is 18.2 Å². The second-order valence-corrected chi connectivity index (χ2v) is 3.16. The molecule has 0 unspecified atom stereocenters. The van der Waals surface area contributed by atoms with Crippen molar-refractivity contribution in [3.63, 3.8) is 0 Å². The lowest BCUT2D eigenvalue weighted by Crippen LogP contribution is -2.09. The third-order valence-corrected chi connectivity index (χ3v) is 2.13. The van der Waals surface area contributed by atoms with Gasteiger partial charge in [0.1, 0.15) is 0 Å². The number of aromatic carboxylic acids is 1. The lowest BCUT2D eigenvalue weighted by Gasteiger charge is -2.05. The van der Waals surface area contributed by atoms with Gasteiger partial charge in [-0.15, -0.1) is 5.10 Å². The van der Waals surface area contributed by atoms with E-state index >= 15 is 0 Å². The van der Waals surface area contributed by atoms with E-state index in [4.69, 9.17) is 10.4 Å². The first-order chi connectivity index (χ1) is 8.24. The molecule has 0 fully saturated rings. The summed E-state index contributed by atoms with van der Waals surface area (Å²) in [4.78, 5) is 11.0. The Morgan fingerprint density at radius 2 is 2.24 bits per heavy atom. The number of tetrazole rings is 1. The molecule has 0 atom stereocenters. The molecule has 0 radical (unpaired) electrons. The standard InChI is InChI=1S/C10H7N5O2/c11-6-5-9-12-13-14-15(9)8-4-2-1-3-7(8)10(16)17/h1-4H,5H2,(H,16,17). The first-order valence-electron chi connectivity index (χ1n) is 4.71. The third-order valence-electron chi connectivity index (χ3n) is 2.13. The van der Waals surface area contributed by atoms with Crippen molar-refractivity contribution in [3.05, 3.63) is 35.7 Å². The number of nitriles is 1. The van der Waals surface area contributed by atoms with Gasteiger partial charge in [0.25, 0.3) is 0 Å². The molecule has 0 bridgehead atoms. The maximum Gasteiger partial charge on any atom is 0.337 e. The van der Waals surface area contributed by atoms with Crippen LogP contribution in [-0.2, 0) is 6.42 Å². The Labute approximate surface area is 95.9 Å². The van der Waals surface area contributed by atoms with Gasteiger partial charge in [-0.1, -0.05) is 12.1 Å². The summed E-state index contributed by atoms with van der Waals surface area (Å²) in [5.41, 5.74) is 0.425. The van der Waals surface area contributed by atoms with Gasteiger partial charge in [0.2, 0.25) is 0 Å². The van der Waals surface area contributed by atoms with E-state index < -0.39 is 5.97 Å². The van der Waals surface area contributed by atoms with Crippen LogP contribution in [0, 0.1) is 11.3 Å². The van der Waals surface area contributed by atoms with Gasteiger partial charge in [-0.3, -0.25) is 0 Å². The molecule has 0 spiro atoms. The summed E-state index contributed by atoms with van der Waals surface area (Å²) in [6.07, 6.45) is 0.0148. The normalized spacial score (nSPS) is 9.82. The van der Waals surface area contributed by atoms with Crippen molar-refractivity contribution in [1.82, 2.24) is 20.2 Å². The molecule has 0 amide bonds. The number of aromatic nitrogens is 4. The highest BCUT2D eigenvalue weighted by Gasteiger charge is 2.15. The molecular formula is C10H7N5O2. The van der Waals surface area contributed by atoms with Crippen molar-refractivity contribution in [2.75, 3.05) is 0 Å². The highest BCUT2D eigenvalue weighted by molar-refractivity contribution is 5.91. The van der Waals surface area contributed by atoms with Crippen molar-refractivity contribution in [3.8, 4) is 11.8 Å². The highest BCUT2D eigenvalue weighted by atomic mass is 16.4. The lowest BCUT2D eigenvalue weighted by atomic mass is 10.2. The number of nitrogens with zero attached hydrogens (tertiary/aromatic N) is 5. The Bertz CT molecular complexity index is 599. The molecule has 1 aromatic carbocycles. The summed E-state index contributed by atoms with van der Waals surface area (Å²) in [5.74, 6) is -0.764. The van der Waals surface area contributed by atoms with E-state index in [2.05, 4.69) is 15.5 Å². The molecule has 84 valence electrons. The Morgan fingerprint density at radius 3 is 2.94 bits per heavy atom. The zero-order chi connectivity index (χ0) is 12.3. The molecule has 1 aromatic heterocycles. The summed E-state index contributed by atoms with van der Waals surface area (Å²) in [6.45, 7) is 0. The average molecular weight is 229 g/mol. The van der Waals surface area contributed by atoms with Crippen LogP contribution in [0.1, 0.15) is 16.2 Å². The minimum atomic E-state index is -1.07. The fourth-order valence-electron chi connectivity index (χ4n) is 1.41. The molecule has 0 aliphatic rings. The summed E-state index contributed by atoms with van der Waals surface area (Å²) in [5, 5.41) is 28.4. The van der Waals surface area contributed by atoms with Gasteiger partial charge in [-0.25, -0.2) is 4.79 Å². The van der Waals surface area contributed by atoms with Crippen molar-refractivity contribution in [1.29, 1.82) is 5.26 Å².